The van der Waals surface area contributed by atoms with Gasteiger partial charge in [-0.3, -0.25) is 4.79 Å². The fourth-order valence-corrected chi connectivity index (χ4v) is 3.49. The van der Waals surface area contributed by atoms with Crippen LogP contribution in [0, 0.1) is 11.7 Å². The van der Waals surface area contributed by atoms with E-state index in [0.29, 0.717) is 26.2 Å². The lowest BCUT2D eigenvalue weighted by molar-refractivity contribution is 0.0781. The summed E-state index contributed by atoms with van der Waals surface area (Å²) in [6.07, 6.45) is 0. The third-order valence-electron chi connectivity index (χ3n) is 4.74. The molecule has 1 fully saturated rings. The zero-order chi connectivity index (χ0) is 17.8. The molecule has 5 heteroatoms. The van der Waals surface area contributed by atoms with Gasteiger partial charge in [0.2, 0.25) is 0 Å². The van der Waals surface area contributed by atoms with Crippen molar-refractivity contribution in [2.45, 2.75) is 12.8 Å². The van der Waals surface area contributed by atoms with Crippen LogP contribution in [0.3, 0.4) is 0 Å². The number of para-hydroxylation sites is 1. The molecule has 132 valence electrons. The van der Waals surface area contributed by atoms with E-state index in [-0.39, 0.29) is 29.1 Å². The second-order valence-electron chi connectivity index (χ2n) is 6.27. The van der Waals surface area contributed by atoms with E-state index in [4.69, 9.17) is 10.5 Å². The number of benzene rings is 2. The molecule has 1 heterocycles. The quantitative estimate of drug-likeness (QED) is 0.909. The van der Waals surface area contributed by atoms with Gasteiger partial charge in [-0.15, -0.1) is 0 Å². The average Bonchev–Trinajstić information content (AvgIpc) is 3.08. The van der Waals surface area contributed by atoms with Crippen LogP contribution in [0.4, 0.5) is 4.39 Å². The minimum absolute atomic E-state index is 0.0301. The largest absolute Gasteiger partial charge is 0.490 e. The fourth-order valence-electron chi connectivity index (χ4n) is 3.49. The molecule has 1 aliphatic rings. The Bertz CT molecular complexity index is 736. The Hall–Kier alpha value is -2.40. The molecule has 0 spiro atoms. The minimum atomic E-state index is -0.512. The smallest absolute Gasteiger partial charge is 0.257 e. The molecule has 0 unspecified atom stereocenters. The predicted molar refractivity (Wildman–Crippen MR) is 95.2 cm³/mol. The van der Waals surface area contributed by atoms with Crippen molar-refractivity contribution in [1.82, 2.24) is 4.90 Å². The van der Waals surface area contributed by atoms with Crippen LogP contribution < -0.4 is 10.5 Å². The lowest BCUT2D eigenvalue weighted by Gasteiger charge is -2.19. The van der Waals surface area contributed by atoms with Crippen molar-refractivity contribution in [2.75, 3.05) is 26.2 Å². The Morgan fingerprint density at radius 1 is 1.20 bits per heavy atom. The Balaban J connectivity index is 1.86. The molecule has 0 saturated carbocycles. The molecule has 2 aromatic rings. The van der Waals surface area contributed by atoms with Gasteiger partial charge in [-0.05, 0) is 37.1 Å². The third-order valence-corrected chi connectivity index (χ3v) is 4.74. The number of rotatable bonds is 5. The molecule has 4 nitrogen and oxygen atoms in total. The number of nitrogens with two attached hydrogens (primary N) is 1. The highest BCUT2D eigenvalue weighted by atomic mass is 19.1. The normalized spacial score (nSPS) is 19.9. The van der Waals surface area contributed by atoms with E-state index in [1.54, 1.807) is 17.9 Å². The van der Waals surface area contributed by atoms with Crippen LogP contribution in [0.5, 0.6) is 5.75 Å². The van der Waals surface area contributed by atoms with Gasteiger partial charge in [0.05, 0.1) is 12.2 Å². The van der Waals surface area contributed by atoms with Crippen LogP contribution in [0.1, 0.15) is 28.8 Å². The summed E-state index contributed by atoms with van der Waals surface area (Å²) in [6, 6.07) is 14.5. The summed E-state index contributed by atoms with van der Waals surface area (Å²) in [6.45, 7) is 3.72. The van der Waals surface area contributed by atoms with E-state index in [0.717, 1.165) is 0 Å². The van der Waals surface area contributed by atoms with Crippen LogP contribution in [0.25, 0.3) is 0 Å². The Morgan fingerprint density at radius 2 is 1.96 bits per heavy atom. The molecule has 2 atom stereocenters. The number of nitrogens with zero attached hydrogens (tertiary/aromatic N) is 1. The van der Waals surface area contributed by atoms with Gasteiger partial charge in [-0.2, -0.15) is 0 Å². The highest BCUT2D eigenvalue weighted by molar-refractivity contribution is 5.97. The number of likely N-dealkylation sites (tertiary alicyclic amines) is 1. The maximum absolute atomic E-state index is 14.1. The summed E-state index contributed by atoms with van der Waals surface area (Å²) in [4.78, 5) is 14.7. The summed E-state index contributed by atoms with van der Waals surface area (Å²) in [5.74, 6) is -0.307. The third kappa shape index (κ3) is 3.51. The summed E-state index contributed by atoms with van der Waals surface area (Å²) in [5, 5.41) is 0. The van der Waals surface area contributed by atoms with Crippen LogP contribution in [0.15, 0.2) is 48.5 Å². The molecule has 2 N–H and O–H groups in total. The van der Waals surface area contributed by atoms with E-state index >= 15 is 0 Å². The van der Waals surface area contributed by atoms with Crippen molar-refractivity contribution < 1.29 is 13.9 Å². The van der Waals surface area contributed by atoms with E-state index in [1.165, 1.54) is 17.7 Å². The van der Waals surface area contributed by atoms with Crippen molar-refractivity contribution in [3.8, 4) is 5.75 Å². The van der Waals surface area contributed by atoms with Crippen molar-refractivity contribution in [3.05, 3.63) is 65.5 Å². The molecule has 3 rings (SSSR count). The maximum atomic E-state index is 14.1. The van der Waals surface area contributed by atoms with Crippen molar-refractivity contribution in [2.24, 2.45) is 11.7 Å². The number of amides is 1. The van der Waals surface area contributed by atoms with Crippen LogP contribution in [0.2, 0.25) is 0 Å². The first-order valence-corrected chi connectivity index (χ1v) is 8.61. The molecule has 0 bridgehead atoms. The van der Waals surface area contributed by atoms with Gasteiger partial charge < -0.3 is 15.4 Å². The van der Waals surface area contributed by atoms with Crippen LogP contribution in [-0.2, 0) is 0 Å². The van der Waals surface area contributed by atoms with E-state index in [1.807, 2.05) is 18.2 Å². The van der Waals surface area contributed by atoms with Gasteiger partial charge in [-0.1, -0.05) is 36.4 Å². The van der Waals surface area contributed by atoms with Gasteiger partial charge >= 0.3 is 0 Å². The van der Waals surface area contributed by atoms with Gasteiger partial charge in [0, 0.05) is 19.0 Å². The number of ether oxygens (including phenoxy) is 1. The Morgan fingerprint density at radius 3 is 2.64 bits per heavy atom. The first-order valence-electron chi connectivity index (χ1n) is 8.61. The lowest BCUT2D eigenvalue weighted by Crippen LogP contribution is -2.30. The van der Waals surface area contributed by atoms with Gasteiger partial charge in [0.15, 0.2) is 11.6 Å². The molecule has 0 radical (unpaired) electrons. The average molecular weight is 342 g/mol. The van der Waals surface area contributed by atoms with E-state index < -0.39 is 5.82 Å². The predicted octanol–water partition coefficient (Wildman–Crippen LogP) is 3.04. The summed E-state index contributed by atoms with van der Waals surface area (Å²) in [7, 11) is 0. The van der Waals surface area contributed by atoms with Crippen LogP contribution in [-0.4, -0.2) is 37.0 Å². The van der Waals surface area contributed by atoms with Crippen molar-refractivity contribution >= 4 is 5.91 Å². The molecule has 2 aromatic carbocycles. The summed E-state index contributed by atoms with van der Waals surface area (Å²) < 4.78 is 19.4. The van der Waals surface area contributed by atoms with Crippen molar-refractivity contribution in [3.63, 3.8) is 0 Å². The van der Waals surface area contributed by atoms with Crippen LogP contribution >= 0.6 is 0 Å². The van der Waals surface area contributed by atoms with Gasteiger partial charge in [-0.25, -0.2) is 4.39 Å². The molecule has 1 amide bonds. The number of halogens is 1. The SMILES string of the molecule is CCOc1c(F)cccc1C(=O)N1C[C@@H](CN)[C@H](c2ccccc2)C1. The molecular weight excluding hydrogens is 319 g/mol. The standard InChI is InChI=1S/C20H23FN2O2/c1-2-25-19-16(9-6-10-18(19)21)20(24)23-12-15(11-22)17(13-23)14-7-4-3-5-8-14/h3-10,15,17H,2,11-13,22H2,1H3/t15-,17+/m1/s1. The molecule has 1 saturated heterocycles. The second-order valence-corrected chi connectivity index (χ2v) is 6.27. The zero-order valence-corrected chi connectivity index (χ0v) is 14.3. The molecule has 1 aliphatic heterocycles. The lowest BCUT2D eigenvalue weighted by atomic mass is 9.89. The van der Waals surface area contributed by atoms with E-state index in [9.17, 15) is 9.18 Å². The number of carbonyl (C=O) groups excluding carboxylic acids is 1. The molecule has 0 aromatic heterocycles. The Kier molecular flexibility index (Phi) is 5.34. The maximum Gasteiger partial charge on any atom is 0.257 e. The highest BCUT2D eigenvalue weighted by Crippen LogP contribution is 2.34. The first kappa shape index (κ1) is 17.4. The summed E-state index contributed by atoms with van der Waals surface area (Å²) in [5.41, 5.74) is 7.39. The van der Waals surface area contributed by atoms with Gasteiger partial charge in [0.25, 0.3) is 5.91 Å². The highest BCUT2D eigenvalue weighted by Gasteiger charge is 2.36. The zero-order valence-electron chi connectivity index (χ0n) is 14.3. The minimum Gasteiger partial charge on any atom is -0.490 e. The molecule has 25 heavy (non-hydrogen) atoms. The van der Waals surface area contributed by atoms with Crippen molar-refractivity contribution in [1.29, 1.82) is 0 Å². The fraction of sp³-hybridized carbons (Fsp3) is 0.350. The van der Waals surface area contributed by atoms with Gasteiger partial charge in [0.1, 0.15) is 0 Å². The second kappa shape index (κ2) is 7.66. The molecule has 0 aliphatic carbocycles. The summed E-state index contributed by atoms with van der Waals surface area (Å²) >= 11 is 0. The monoisotopic (exact) mass is 342 g/mol. The van der Waals surface area contributed by atoms with E-state index in [2.05, 4.69) is 12.1 Å². The number of hydrogen-bond acceptors (Lipinski definition) is 3. The number of hydrogen-bond donors (Lipinski definition) is 1. The topological polar surface area (TPSA) is 55.6 Å². The number of carbonyl (C=O) groups is 1. The molecular formula is C20H23FN2O2. The first-order chi connectivity index (χ1) is 12.2. The Labute approximate surface area is 147 Å².